The van der Waals surface area contributed by atoms with Crippen molar-refractivity contribution in [1.29, 1.82) is 0 Å². The molecule has 0 radical (unpaired) electrons. The van der Waals surface area contributed by atoms with Gasteiger partial charge in [-0.3, -0.25) is 0 Å². The summed E-state index contributed by atoms with van der Waals surface area (Å²) in [5, 5.41) is 0. The van der Waals surface area contributed by atoms with Gasteiger partial charge in [0.05, 0.1) is 0 Å². The molecular weight excluding hydrogens is 474 g/mol. The zero-order chi connectivity index (χ0) is 2.71. The van der Waals surface area contributed by atoms with E-state index in [1.54, 1.807) is 0 Å². The van der Waals surface area contributed by atoms with Crippen LogP contribution < -0.4 is 74.4 Å². The van der Waals surface area contributed by atoms with Crippen LogP contribution in [-0.4, -0.2) is 45.0 Å². The van der Waals surface area contributed by atoms with Gasteiger partial charge in [0.25, 0.3) is 0 Å². The average Bonchev–Trinajstić information content (AvgIpc) is 0.918. The summed E-state index contributed by atoms with van der Waals surface area (Å²) in [4.78, 5) is 4.59. The molecule has 10 heavy (non-hydrogen) atoms. The zero-order valence-electron chi connectivity index (χ0n) is 5.27. The van der Waals surface area contributed by atoms with Crippen molar-refractivity contribution >= 4 is 45.0 Å². The van der Waals surface area contributed by atoms with Crippen molar-refractivity contribution in [1.82, 2.24) is 0 Å². The summed E-state index contributed by atoms with van der Waals surface area (Å²) in [6.07, 6.45) is 0. The Bertz CT molecular complexity index is 13.7. The van der Waals surface area contributed by atoms with Gasteiger partial charge >= 0.3 is 54.9 Å². The molecule has 0 N–H and O–H groups in total. The van der Waals surface area contributed by atoms with Crippen LogP contribution in [0.4, 0.5) is 0 Å². The predicted molar refractivity (Wildman–Crippen MR) is 23.2 cm³/mol. The van der Waals surface area contributed by atoms with Gasteiger partial charge in [0, 0.05) is 0 Å². The largest absolute Gasteiger partial charge is 4.00 e. The van der Waals surface area contributed by atoms with Crippen LogP contribution in [0.2, 0.25) is 9.88 Å². The molecule has 0 aliphatic carbocycles. The van der Waals surface area contributed by atoms with Gasteiger partial charge < -0.3 is 74.4 Å². The van der Waals surface area contributed by atoms with Crippen molar-refractivity contribution < 1.29 is 74.4 Å². The van der Waals surface area contributed by atoms with E-state index in [-0.39, 0.29) is 119 Å². The van der Waals surface area contributed by atoms with Crippen LogP contribution in [0.25, 0.3) is 0 Å². The second-order valence-corrected chi connectivity index (χ2v) is 3.35. The van der Waals surface area contributed by atoms with Gasteiger partial charge in [-0.25, -0.2) is 0 Å². The van der Waals surface area contributed by atoms with E-state index in [0.29, 0.717) is 0 Å². The maximum absolute atomic E-state index is 2.30. The van der Waals surface area contributed by atoms with Crippen molar-refractivity contribution in [3.63, 3.8) is 0 Å². The Morgan fingerprint density at radius 1 is 0.600 bits per heavy atom. The molecular formula is C2H6Cl6Sn2. The van der Waals surface area contributed by atoms with Gasteiger partial charge in [0.15, 0.2) is 0 Å². The van der Waals surface area contributed by atoms with E-state index in [9.17, 15) is 0 Å². The molecule has 64 valence electrons. The zero-order valence-corrected chi connectivity index (χ0v) is 15.5. The predicted octanol–water partition coefficient (Wildman–Crippen LogP) is -17.6. The number of hydrogen-bond donors (Lipinski definition) is 0. The molecule has 0 aliphatic heterocycles. The first-order chi connectivity index (χ1) is 1.41. The first-order valence-electron chi connectivity index (χ1n) is 1.00. The fraction of sp³-hybridized carbons (Fsp3) is 1.00. The fourth-order valence-corrected chi connectivity index (χ4v) is 0. The van der Waals surface area contributed by atoms with Crippen LogP contribution in [-0.2, 0) is 0 Å². The van der Waals surface area contributed by atoms with E-state index in [0.717, 1.165) is 0 Å². The molecule has 0 spiro atoms. The molecule has 0 bridgehead atoms. The quantitative estimate of drug-likeness (QED) is 0.303. The third-order valence-corrected chi connectivity index (χ3v) is 0. The monoisotopic (exact) mass is 480 g/mol. The molecule has 0 aromatic heterocycles. The first kappa shape index (κ1) is 71.3. The second kappa shape index (κ2) is 84.3. The summed E-state index contributed by atoms with van der Waals surface area (Å²) in [7, 11) is 0. The van der Waals surface area contributed by atoms with Crippen LogP contribution in [0.15, 0.2) is 0 Å². The van der Waals surface area contributed by atoms with Crippen molar-refractivity contribution in [3.05, 3.63) is 0 Å². The minimum absolute atomic E-state index is 0. The topological polar surface area (TPSA) is 0 Å². The van der Waals surface area contributed by atoms with Gasteiger partial charge in [-0.05, 0) is 0 Å². The van der Waals surface area contributed by atoms with Crippen molar-refractivity contribution in [2.75, 3.05) is 0 Å². The fourth-order valence-electron chi connectivity index (χ4n) is 0. The van der Waals surface area contributed by atoms with E-state index in [4.69, 9.17) is 0 Å². The summed E-state index contributed by atoms with van der Waals surface area (Å²) in [5.41, 5.74) is 0. The Labute approximate surface area is 127 Å². The summed E-state index contributed by atoms with van der Waals surface area (Å²) >= 11 is 0.230. The molecule has 8 heteroatoms. The molecule has 0 rings (SSSR count). The van der Waals surface area contributed by atoms with Gasteiger partial charge in [0.1, 0.15) is 0 Å². The Balaban J connectivity index is -0.000000000952. The molecule has 0 aliphatic rings. The van der Waals surface area contributed by atoms with E-state index in [1.165, 1.54) is 0 Å². The molecule has 0 atom stereocenters. The minimum Gasteiger partial charge on any atom is -1.00 e. The molecule has 0 fully saturated rings. The maximum atomic E-state index is 2.30. The SMILES string of the molecule is [CH3][Sn+2][CH3].[Cl-].[Cl-].[Cl-].[Cl-].[Cl-].[Cl-].[Sn+4]. The van der Waals surface area contributed by atoms with Crippen LogP contribution in [0.1, 0.15) is 0 Å². The summed E-state index contributed by atoms with van der Waals surface area (Å²) < 4.78 is 0. The molecule has 0 unspecified atom stereocenters. The van der Waals surface area contributed by atoms with Crippen LogP contribution in [0.3, 0.4) is 0 Å². The molecule has 0 saturated heterocycles. The van der Waals surface area contributed by atoms with Crippen LogP contribution in [0.5, 0.6) is 0 Å². The van der Waals surface area contributed by atoms with Gasteiger partial charge in [-0.2, -0.15) is 0 Å². The molecule has 0 nitrogen and oxygen atoms in total. The normalized spacial score (nSPS) is 1.00. The van der Waals surface area contributed by atoms with Crippen molar-refractivity contribution in [2.45, 2.75) is 9.88 Å². The van der Waals surface area contributed by atoms with E-state index in [2.05, 4.69) is 9.88 Å². The summed E-state index contributed by atoms with van der Waals surface area (Å²) in [6.45, 7) is 0. The molecule has 0 amide bonds. The summed E-state index contributed by atoms with van der Waals surface area (Å²) in [6, 6.07) is 0. The first-order valence-corrected chi connectivity index (χ1v) is 6.71. The van der Waals surface area contributed by atoms with Crippen LogP contribution in [0, 0.1) is 0 Å². The van der Waals surface area contributed by atoms with Gasteiger partial charge in [-0.1, -0.05) is 0 Å². The number of hydrogen-bond acceptors (Lipinski definition) is 0. The Morgan fingerprint density at radius 2 is 0.600 bits per heavy atom. The van der Waals surface area contributed by atoms with Crippen molar-refractivity contribution in [2.24, 2.45) is 0 Å². The van der Waals surface area contributed by atoms with E-state index in [1.807, 2.05) is 0 Å². The maximum Gasteiger partial charge on any atom is 4.00 e. The van der Waals surface area contributed by atoms with Gasteiger partial charge in [-0.15, -0.1) is 0 Å². The van der Waals surface area contributed by atoms with Crippen LogP contribution >= 0.6 is 0 Å². The Morgan fingerprint density at radius 3 is 0.600 bits per heavy atom. The average molecular weight is 480 g/mol. The standard InChI is InChI=1S/2CH3.6ClH.2Sn/h2*1H3;6*1H;;/q;;;;;;;;+2;+4/p-6. The van der Waals surface area contributed by atoms with E-state index < -0.39 is 0 Å². The van der Waals surface area contributed by atoms with Gasteiger partial charge in [0.2, 0.25) is 0 Å². The number of rotatable bonds is 0. The smallest absolute Gasteiger partial charge is 1.00 e. The molecule has 0 heterocycles. The Hall–Kier alpha value is 3.34. The van der Waals surface area contributed by atoms with E-state index >= 15 is 0 Å². The minimum atomic E-state index is 0. The molecule has 0 aromatic carbocycles. The molecule has 0 aromatic rings. The number of halogens is 6. The van der Waals surface area contributed by atoms with Crippen molar-refractivity contribution in [3.8, 4) is 0 Å². The third-order valence-electron chi connectivity index (χ3n) is 0. The molecule has 0 saturated carbocycles. The Kier molecular flexibility index (Phi) is 601. The third kappa shape index (κ3) is 109. The second-order valence-electron chi connectivity index (χ2n) is 0.500. The summed E-state index contributed by atoms with van der Waals surface area (Å²) in [5.74, 6) is 0.